The molecule has 0 aliphatic carbocycles. The van der Waals surface area contributed by atoms with Gasteiger partial charge in [-0.2, -0.15) is 5.26 Å². The van der Waals surface area contributed by atoms with E-state index in [-0.39, 0.29) is 0 Å². The first-order chi connectivity index (χ1) is 8.60. The van der Waals surface area contributed by atoms with Crippen molar-refractivity contribution in [2.75, 3.05) is 0 Å². The highest BCUT2D eigenvalue weighted by atomic mass is 35.5. The van der Waals surface area contributed by atoms with E-state index in [1.54, 1.807) is 12.1 Å². The predicted octanol–water partition coefficient (Wildman–Crippen LogP) is 4.62. The third-order valence-electron chi connectivity index (χ3n) is 2.63. The Kier molecular flexibility index (Phi) is 3.55. The van der Waals surface area contributed by atoms with Crippen molar-refractivity contribution in [2.24, 2.45) is 0 Å². The van der Waals surface area contributed by atoms with Crippen LogP contribution in [0.25, 0.3) is 0 Å². The fourth-order valence-electron chi connectivity index (χ4n) is 1.61. The Balaban J connectivity index is 2.43. The average molecular weight is 258 g/mol. The van der Waals surface area contributed by atoms with Gasteiger partial charge < -0.3 is 4.74 Å². The predicted molar refractivity (Wildman–Crippen MR) is 72.2 cm³/mol. The third-order valence-corrected chi connectivity index (χ3v) is 2.86. The first-order valence-electron chi connectivity index (χ1n) is 5.55. The van der Waals surface area contributed by atoms with Crippen molar-refractivity contribution in [3.63, 3.8) is 0 Å². The number of benzene rings is 2. The largest absolute Gasteiger partial charge is 0.456 e. The minimum Gasteiger partial charge on any atom is -0.456 e. The zero-order valence-corrected chi connectivity index (χ0v) is 11.0. The summed E-state index contributed by atoms with van der Waals surface area (Å²) >= 11 is 5.94. The van der Waals surface area contributed by atoms with Gasteiger partial charge >= 0.3 is 0 Å². The summed E-state index contributed by atoms with van der Waals surface area (Å²) in [5.41, 5.74) is 2.54. The molecule has 0 fully saturated rings. The summed E-state index contributed by atoms with van der Waals surface area (Å²) in [5.74, 6) is 1.23. The molecule has 0 saturated carbocycles. The standard InChI is InChI=1S/C15H12ClNO/c1-10-3-5-12(9-17)15(7-10)18-14-8-13(16)6-4-11(14)2/h3-8H,1-2H3. The second-order valence-electron chi connectivity index (χ2n) is 4.12. The lowest BCUT2D eigenvalue weighted by molar-refractivity contribution is 0.477. The van der Waals surface area contributed by atoms with Gasteiger partial charge in [-0.15, -0.1) is 0 Å². The van der Waals surface area contributed by atoms with E-state index >= 15 is 0 Å². The molecule has 0 bridgehead atoms. The highest BCUT2D eigenvalue weighted by Crippen LogP contribution is 2.30. The zero-order chi connectivity index (χ0) is 13.1. The van der Waals surface area contributed by atoms with E-state index in [2.05, 4.69) is 6.07 Å². The van der Waals surface area contributed by atoms with Crippen LogP contribution in [0.5, 0.6) is 11.5 Å². The van der Waals surface area contributed by atoms with Gasteiger partial charge in [0.1, 0.15) is 17.6 Å². The van der Waals surface area contributed by atoms with Crippen molar-refractivity contribution < 1.29 is 4.74 Å². The molecule has 0 radical (unpaired) electrons. The van der Waals surface area contributed by atoms with Gasteiger partial charge in [0.2, 0.25) is 0 Å². The van der Waals surface area contributed by atoms with Crippen molar-refractivity contribution in [3.05, 3.63) is 58.1 Å². The number of hydrogen-bond acceptors (Lipinski definition) is 2. The van der Waals surface area contributed by atoms with Gasteiger partial charge in [0.15, 0.2) is 0 Å². The first kappa shape index (κ1) is 12.5. The molecule has 3 heteroatoms. The molecule has 0 saturated heterocycles. The first-order valence-corrected chi connectivity index (χ1v) is 5.92. The maximum absolute atomic E-state index is 9.06. The van der Waals surface area contributed by atoms with Crippen molar-refractivity contribution in [1.29, 1.82) is 5.26 Å². The molecule has 0 aliphatic heterocycles. The van der Waals surface area contributed by atoms with Crippen LogP contribution in [-0.2, 0) is 0 Å². The van der Waals surface area contributed by atoms with Gasteiger partial charge in [-0.1, -0.05) is 23.7 Å². The van der Waals surface area contributed by atoms with Gasteiger partial charge in [0, 0.05) is 5.02 Å². The van der Waals surface area contributed by atoms with Crippen LogP contribution in [0.2, 0.25) is 5.02 Å². The maximum Gasteiger partial charge on any atom is 0.145 e. The van der Waals surface area contributed by atoms with Crippen LogP contribution >= 0.6 is 11.6 Å². The molecule has 0 spiro atoms. The molecule has 2 nitrogen and oxygen atoms in total. The van der Waals surface area contributed by atoms with E-state index in [1.165, 1.54) is 0 Å². The van der Waals surface area contributed by atoms with E-state index in [0.717, 1.165) is 11.1 Å². The summed E-state index contributed by atoms with van der Waals surface area (Å²) in [6, 6.07) is 13.1. The van der Waals surface area contributed by atoms with Crippen LogP contribution in [0.15, 0.2) is 36.4 Å². The number of rotatable bonds is 2. The molecule has 0 unspecified atom stereocenters. The fourth-order valence-corrected chi connectivity index (χ4v) is 1.77. The highest BCUT2D eigenvalue weighted by molar-refractivity contribution is 6.30. The Hall–Kier alpha value is -1.98. The molecule has 0 amide bonds. The molecule has 0 aliphatic rings. The average Bonchev–Trinajstić information content (AvgIpc) is 2.34. The normalized spacial score (nSPS) is 9.89. The van der Waals surface area contributed by atoms with Crippen LogP contribution in [0, 0.1) is 25.2 Å². The Morgan fingerprint density at radius 2 is 1.83 bits per heavy atom. The number of nitriles is 1. The van der Waals surface area contributed by atoms with Gasteiger partial charge in [-0.25, -0.2) is 0 Å². The van der Waals surface area contributed by atoms with E-state index in [9.17, 15) is 0 Å². The molecule has 18 heavy (non-hydrogen) atoms. The molecule has 2 rings (SSSR count). The topological polar surface area (TPSA) is 33.0 Å². The lowest BCUT2D eigenvalue weighted by atomic mass is 10.1. The van der Waals surface area contributed by atoms with Crippen LogP contribution < -0.4 is 4.74 Å². The van der Waals surface area contributed by atoms with Crippen molar-refractivity contribution >= 4 is 11.6 Å². The molecule has 2 aromatic rings. The molecule has 0 heterocycles. The van der Waals surface area contributed by atoms with Gasteiger partial charge in [0.05, 0.1) is 5.56 Å². The van der Waals surface area contributed by atoms with Gasteiger partial charge in [-0.05, 0) is 49.2 Å². The van der Waals surface area contributed by atoms with Gasteiger partial charge in [-0.3, -0.25) is 0 Å². The minimum atomic E-state index is 0.514. The third kappa shape index (κ3) is 2.64. The van der Waals surface area contributed by atoms with E-state index < -0.39 is 0 Å². The summed E-state index contributed by atoms with van der Waals surface area (Å²) in [6.45, 7) is 3.90. The van der Waals surface area contributed by atoms with Crippen molar-refractivity contribution in [2.45, 2.75) is 13.8 Å². The fraction of sp³-hybridized carbons (Fsp3) is 0.133. The van der Waals surface area contributed by atoms with E-state index in [4.69, 9.17) is 21.6 Å². The molecule has 0 atom stereocenters. The van der Waals surface area contributed by atoms with Crippen LogP contribution in [0.4, 0.5) is 0 Å². The maximum atomic E-state index is 9.06. The molecule has 2 aromatic carbocycles. The number of halogens is 1. The summed E-state index contributed by atoms with van der Waals surface area (Å²) in [5, 5.41) is 9.67. The summed E-state index contributed by atoms with van der Waals surface area (Å²) in [6.07, 6.45) is 0. The number of nitrogens with zero attached hydrogens (tertiary/aromatic N) is 1. The SMILES string of the molecule is Cc1ccc(C#N)c(Oc2cc(Cl)ccc2C)c1. The van der Waals surface area contributed by atoms with Crippen LogP contribution in [0.3, 0.4) is 0 Å². The van der Waals surface area contributed by atoms with Crippen LogP contribution in [0.1, 0.15) is 16.7 Å². The molecule has 0 N–H and O–H groups in total. The Morgan fingerprint density at radius 1 is 1.06 bits per heavy atom. The zero-order valence-electron chi connectivity index (χ0n) is 10.2. The highest BCUT2D eigenvalue weighted by Gasteiger charge is 2.07. The number of aryl methyl sites for hydroxylation is 2. The molecular formula is C15H12ClNO. The lowest BCUT2D eigenvalue weighted by Crippen LogP contribution is -1.91. The monoisotopic (exact) mass is 257 g/mol. The quantitative estimate of drug-likeness (QED) is 0.786. The molecular weight excluding hydrogens is 246 g/mol. The minimum absolute atomic E-state index is 0.514. The van der Waals surface area contributed by atoms with Gasteiger partial charge in [0.25, 0.3) is 0 Å². The van der Waals surface area contributed by atoms with Crippen LogP contribution in [-0.4, -0.2) is 0 Å². The molecule has 90 valence electrons. The number of hydrogen-bond donors (Lipinski definition) is 0. The second kappa shape index (κ2) is 5.12. The molecule has 0 aromatic heterocycles. The Bertz CT molecular complexity index is 629. The Morgan fingerprint density at radius 3 is 2.56 bits per heavy atom. The summed E-state index contributed by atoms with van der Waals surface area (Å²) in [4.78, 5) is 0. The van der Waals surface area contributed by atoms with Crippen molar-refractivity contribution in [1.82, 2.24) is 0 Å². The number of ether oxygens (including phenoxy) is 1. The van der Waals surface area contributed by atoms with E-state index in [0.29, 0.717) is 22.1 Å². The summed E-state index contributed by atoms with van der Waals surface area (Å²) in [7, 11) is 0. The smallest absolute Gasteiger partial charge is 0.145 e. The summed E-state index contributed by atoms with van der Waals surface area (Å²) < 4.78 is 5.79. The van der Waals surface area contributed by atoms with E-state index in [1.807, 2.05) is 38.1 Å². The second-order valence-corrected chi connectivity index (χ2v) is 4.56. The Labute approximate surface area is 111 Å². The van der Waals surface area contributed by atoms with Crippen molar-refractivity contribution in [3.8, 4) is 17.6 Å². The lowest BCUT2D eigenvalue weighted by Gasteiger charge is -2.11.